The number of halogens is 1. The van der Waals surface area contributed by atoms with Gasteiger partial charge in [0.05, 0.1) is 15.9 Å². The van der Waals surface area contributed by atoms with Crippen LogP contribution >= 0.6 is 23.4 Å². The van der Waals surface area contributed by atoms with Crippen LogP contribution in [0.4, 0.5) is 0 Å². The van der Waals surface area contributed by atoms with Crippen LogP contribution in [-0.2, 0) is 10.9 Å². The Morgan fingerprint density at radius 2 is 1.09 bits per heavy atom. The molecule has 5 rings (SSSR count). The summed E-state index contributed by atoms with van der Waals surface area (Å²) in [7, 11) is -0.173. The second-order valence-electron chi connectivity index (χ2n) is 7.85. The minimum absolute atomic E-state index is 0.0257. The molecule has 0 aliphatic rings. The van der Waals surface area contributed by atoms with Gasteiger partial charge in [-0.25, -0.2) is 0 Å². The molecule has 0 unspecified atom stereocenters. The van der Waals surface area contributed by atoms with Crippen LogP contribution < -0.4 is 0 Å². The van der Waals surface area contributed by atoms with Crippen molar-refractivity contribution in [3.05, 3.63) is 150 Å². The third kappa shape index (κ3) is 5.54. The van der Waals surface area contributed by atoms with E-state index in [0.29, 0.717) is 16.1 Å². The van der Waals surface area contributed by atoms with Crippen molar-refractivity contribution in [1.82, 2.24) is 0 Å². The molecule has 4 heteroatoms. The lowest BCUT2D eigenvalue weighted by atomic mass is 10.0. The second kappa shape index (κ2) is 11.0. The minimum atomic E-state index is -0.173. The standard InChI is InChI=1S/C31H22ClOS2/c32-29-22-24(31(33)23-10-4-1-5-11-23)16-21-30(29)34-25-17-19-28(20-18-25)35(26-12-6-2-7-13-26)27-14-8-3-9-15-27/h1-22H/q+1. The normalized spacial score (nSPS) is 10.9. The van der Waals surface area contributed by atoms with Crippen molar-refractivity contribution in [1.29, 1.82) is 0 Å². The minimum Gasteiger partial charge on any atom is -0.289 e. The molecule has 1 nitrogen and oxygen atoms in total. The molecule has 0 fully saturated rings. The number of ketones is 1. The van der Waals surface area contributed by atoms with Gasteiger partial charge in [0.15, 0.2) is 20.5 Å². The smallest absolute Gasteiger partial charge is 0.193 e. The van der Waals surface area contributed by atoms with Gasteiger partial charge in [-0.3, -0.25) is 4.79 Å². The Bertz CT molecular complexity index is 1380. The van der Waals surface area contributed by atoms with Crippen LogP contribution in [0, 0.1) is 0 Å². The summed E-state index contributed by atoms with van der Waals surface area (Å²) < 4.78 is 0. The molecule has 0 N–H and O–H groups in total. The van der Waals surface area contributed by atoms with Crippen molar-refractivity contribution in [2.24, 2.45) is 0 Å². The van der Waals surface area contributed by atoms with Gasteiger partial charge < -0.3 is 0 Å². The number of carbonyl (C=O) groups excluding carboxylic acids is 1. The summed E-state index contributed by atoms with van der Waals surface area (Å²) in [5, 5.41) is 0.578. The van der Waals surface area contributed by atoms with E-state index >= 15 is 0 Å². The first-order chi connectivity index (χ1) is 17.2. The molecule has 0 heterocycles. The molecule has 0 aliphatic heterocycles. The zero-order chi connectivity index (χ0) is 24.0. The van der Waals surface area contributed by atoms with E-state index in [1.165, 1.54) is 14.7 Å². The molecule has 0 aliphatic carbocycles. The molecule has 5 aromatic rings. The molecule has 0 atom stereocenters. The lowest BCUT2D eigenvalue weighted by Crippen LogP contribution is -2.04. The van der Waals surface area contributed by atoms with Gasteiger partial charge in [-0.15, -0.1) is 0 Å². The summed E-state index contributed by atoms with van der Waals surface area (Å²) in [6.07, 6.45) is 0. The predicted molar refractivity (Wildman–Crippen MR) is 147 cm³/mol. The van der Waals surface area contributed by atoms with Crippen LogP contribution in [0.5, 0.6) is 0 Å². The quantitative estimate of drug-likeness (QED) is 0.161. The highest BCUT2D eigenvalue weighted by Gasteiger charge is 2.28. The maximum Gasteiger partial charge on any atom is 0.193 e. The third-order valence-electron chi connectivity index (χ3n) is 5.48. The van der Waals surface area contributed by atoms with E-state index < -0.39 is 0 Å². The van der Waals surface area contributed by atoms with E-state index in [2.05, 4.69) is 84.9 Å². The first-order valence-electron chi connectivity index (χ1n) is 11.2. The summed E-state index contributed by atoms with van der Waals surface area (Å²) in [6.45, 7) is 0. The molecule has 35 heavy (non-hydrogen) atoms. The predicted octanol–water partition coefficient (Wildman–Crippen LogP) is 8.82. The maximum absolute atomic E-state index is 12.7. The highest BCUT2D eigenvalue weighted by Crippen LogP contribution is 2.36. The number of hydrogen-bond acceptors (Lipinski definition) is 2. The zero-order valence-electron chi connectivity index (χ0n) is 18.8. The third-order valence-corrected chi connectivity index (χ3v) is 9.21. The van der Waals surface area contributed by atoms with Gasteiger partial charge in [0.1, 0.15) is 0 Å². The SMILES string of the molecule is O=C(c1ccccc1)c1ccc(Sc2ccc([S+](c3ccccc3)c3ccccc3)cc2)c(Cl)c1. The second-order valence-corrected chi connectivity index (χ2v) is 11.4. The Balaban J connectivity index is 1.37. The van der Waals surface area contributed by atoms with Crippen molar-refractivity contribution in [3.8, 4) is 0 Å². The van der Waals surface area contributed by atoms with Gasteiger partial charge in [0, 0.05) is 20.9 Å². The molecular weight excluding hydrogens is 488 g/mol. The van der Waals surface area contributed by atoms with Crippen molar-refractivity contribution < 1.29 is 4.79 Å². The maximum atomic E-state index is 12.7. The van der Waals surface area contributed by atoms with Gasteiger partial charge in [-0.2, -0.15) is 0 Å². The van der Waals surface area contributed by atoms with E-state index in [1.807, 2.05) is 42.5 Å². The first-order valence-corrected chi connectivity index (χ1v) is 13.6. The Kier molecular flexibility index (Phi) is 7.39. The lowest BCUT2D eigenvalue weighted by molar-refractivity contribution is 0.103. The Labute approximate surface area is 218 Å². The molecule has 0 aromatic heterocycles. The lowest BCUT2D eigenvalue weighted by Gasteiger charge is -2.10. The average Bonchev–Trinajstić information content (AvgIpc) is 2.92. The fourth-order valence-corrected chi connectivity index (χ4v) is 6.97. The van der Waals surface area contributed by atoms with Crippen LogP contribution in [0.25, 0.3) is 0 Å². The van der Waals surface area contributed by atoms with Crippen molar-refractivity contribution in [3.63, 3.8) is 0 Å². The molecule has 0 bridgehead atoms. The van der Waals surface area contributed by atoms with E-state index in [1.54, 1.807) is 17.8 Å². The molecular formula is C31H22ClOS2+. The van der Waals surface area contributed by atoms with Gasteiger partial charge in [0.2, 0.25) is 0 Å². The molecule has 0 saturated carbocycles. The van der Waals surface area contributed by atoms with Crippen molar-refractivity contribution >= 4 is 40.0 Å². The Hall–Kier alpha value is -3.24. The van der Waals surface area contributed by atoms with E-state index in [0.717, 1.165) is 9.79 Å². The molecule has 0 spiro atoms. The van der Waals surface area contributed by atoms with Gasteiger partial charge >= 0.3 is 0 Å². The highest BCUT2D eigenvalue weighted by molar-refractivity contribution is 7.99. The Morgan fingerprint density at radius 3 is 1.63 bits per heavy atom. The topological polar surface area (TPSA) is 17.1 Å². The van der Waals surface area contributed by atoms with Crippen molar-refractivity contribution in [2.75, 3.05) is 0 Å². The summed E-state index contributed by atoms with van der Waals surface area (Å²) in [4.78, 5) is 18.6. The van der Waals surface area contributed by atoms with Crippen LogP contribution in [-0.4, -0.2) is 5.78 Å². The van der Waals surface area contributed by atoms with Crippen molar-refractivity contribution in [2.45, 2.75) is 24.5 Å². The molecule has 0 saturated heterocycles. The van der Waals surface area contributed by atoms with Crippen LogP contribution in [0.1, 0.15) is 15.9 Å². The monoisotopic (exact) mass is 509 g/mol. The average molecular weight is 510 g/mol. The first kappa shape index (κ1) is 23.5. The summed E-state index contributed by atoms with van der Waals surface area (Å²) in [5.41, 5.74) is 1.25. The fraction of sp³-hybridized carbons (Fsp3) is 0. The number of hydrogen-bond donors (Lipinski definition) is 0. The number of carbonyl (C=O) groups is 1. The molecule has 170 valence electrons. The summed E-state index contributed by atoms with van der Waals surface area (Å²) >= 11 is 8.18. The Morgan fingerprint density at radius 1 is 0.571 bits per heavy atom. The highest BCUT2D eigenvalue weighted by atomic mass is 35.5. The van der Waals surface area contributed by atoms with Gasteiger partial charge in [0.25, 0.3) is 0 Å². The van der Waals surface area contributed by atoms with E-state index in [9.17, 15) is 4.79 Å². The van der Waals surface area contributed by atoms with Gasteiger partial charge in [-0.1, -0.05) is 90.1 Å². The zero-order valence-corrected chi connectivity index (χ0v) is 21.2. The molecule has 0 radical (unpaired) electrons. The van der Waals surface area contributed by atoms with Crippen LogP contribution in [0.2, 0.25) is 5.02 Å². The van der Waals surface area contributed by atoms with Crippen LogP contribution in [0.15, 0.2) is 158 Å². The molecule has 5 aromatic carbocycles. The largest absolute Gasteiger partial charge is 0.289 e. The summed E-state index contributed by atoms with van der Waals surface area (Å²) in [5.74, 6) is -0.0257. The van der Waals surface area contributed by atoms with E-state index in [-0.39, 0.29) is 16.7 Å². The fourth-order valence-electron chi connectivity index (χ4n) is 3.77. The summed E-state index contributed by atoms with van der Waals surface area (Å²) in [6, 6.07) is 44.7. The van der Waals surface area contributed by atoms with E-state index in [4.69, 9.17) is 11.6 Å². The number of rotatable bonds is 7. The molecule has 0 amide bonds. The van der Waals surface area contributed by atoms with Gasteiger partial charge in [-0.05, 0) is 66.7 Å². The number of benzene rings is 5. The van der Waals surface area contributed by atoms with Crippen LogP contribution in [0.3, 0.4) is 0 Å².